The third-order valence-corrected chi connectivity index (χ3v) is 5.83. The first-order valence-electron chi connectivity index (χ1n) is 9.93. The predicted molar refractivity (Wildman–Crippen MR) is 120 cm³/mol. The summed E-state index contributed by atoms with van der Waals surface area (Å²) >= 11 is 1.46. The van der Waals surface area contributed by atoms with E-state index >= 15 is 0 Å². The van der Waals surface area contributed by atoms with Gasteiger partial charge in [-0.2, -0.15) is 0 Å². The Morgan fingerprint density at radius 1 is 1.10 bits per heavy atom. The number of benzene rings is 1. The SMILES string of the molecule is CN(C)CCN(Cc1cc(NC(=O)C2CC2)ccc1N(C)C)C(=O)c1cccs1. The summed E-state index contributed by atoms with van der Waals surface area (Å²) in [5.41, 5.74) is 2.86. The van der Waals surface area contributed by atoms with Gasteiger partial charge in [0.15, 0.2) is 0 Å². The third-order valence-electron chi connectivity index (χ3n) is 4.97. The minimum absolute atomic E-state index is 0.0407. The fourth-order valence-electron chi connectivity index (χ4n) is 3.15. The number of likely N-dealkylation sites (N-methyl/N-ethyl adjacent to an activating group) is 1. The molecule has 1 aliphatic carbocycles. The van der Waals surface area contributed by atoms with Crippen LogP contribution in [-0.4, -0.2) is 62.9 Å². The first kappa shape index (κ1) is 21.3. The maximum Gasteiger partial charge on any atom is 0.264 e. The molecule has 2 amide bonds. The Hall–Kier alpha value is -2.38. The standard InChI is InChI=1S/C22H30N4O2S/c1-24(2)11-12-26(22(28)20-6-5-13-29-20)15-17-14-18(9-10-19(17)25(3)4)23-21(27)16-7-8-16/h5-6,9-10,13-14,16H,7-8,11-12,15H2,1-4H3,(H,23,27). The van der Waals surface area contributed by atoms with Crippen LogP contribution in [0.1, 0.15) is 28.1 Å². The zero-order valence-corrected chi connectivity index (χ0v) is 18.5. The molecule has 1 heterocycles. The molecule has 1 saturated carbocycles. The lowest BCUT2D eigenvalue weighted by atomic mass is 10.1. The van der Waals surface area contributed by atoms with Crippen molar-refractivity contribution in [3.05, 3.63) is 46.2 Å². The molecular formula is C22H30N4O2S. The number of nitrogens with one attached hydrogen (secondary N) is 1. The summed E-state index contributed by atoms with van der Waals surface area (Å²) in [5.74, 6) is 0.288. The number of thiophene rings is 1. The molecule has 0 bridgehead atoms. The van der Waals surface area contributed by atoms with Gasteiger partial charge < -0.3 is 20.0 Å². The molecule has 1 fully saturated rings. The lowest BCUT2D eigenvalue weighted by molar-refractivity contribution is -0.117. The van der Waals surface area contributed by atoms with E-state index in [-0.39, 0.29) is 17.7 Å². The molecule has 29 heavy (non-hydrogen) atoms. The number of rotatable bonds is 9. The van der Waals surface area contributed by atoms with Crippen LogP contribution in [0.4, 0.5) is 11.4 Å². The Morgan fingerprint density at radius 2 is 1.86 bits per heavy atom. The maximum atomic E-state index is 13.1. The first-order chi connectivity index (χ1) is 13.8. The highest BCUT2D eigenvalue weighted by Crippen LogP contribution is 2.31. The van der Waals surface area contributed by atoms with Gasteiger partial charge in [0.1, 0.15) is 0 Å². The molecule has 156 valence electrons. The summed E-state index contributed by atoms with van der Waals surface area (Å²) < 4.78 is 0. The second-order valence-corrected chi connectivity index (χ2v) is 8.96. The molecular weight excluding hydrogens is 384 g/mol. The number of amides is 2. The van der Waals surface area contributed by atoms with Crippen molar-refractivity contribution in [2.75, 3.05) is 51.5 Å². The van der Waals surface area contributed by atoms with Gasteiger partial charge in [-0.15, -0.1) is 11.3 Å². The zero-order valence-electron chi connectivity index (χ0n) is 17.6. The molecule has 6 nitrogen and oxygen atoms in total. The van der Waals surface area contributed by atoms with Crippen LogP contribution in [0.15, 0.2) is 35.7 Å². The Morgan fingerprint density at radius 3 is 2.45 bits per heavy atom. The number of hydrogen-bond acceptors (Lipinski definition) is 5. The van der Waals surface area contributed by atoms with Crippen LogP contribution < -0.4 is 10.2 Å². The average Bonchev–Trinajstić information content (AvgIpc) is 3.39. The monoisotopic (exact) mass is 414 g/mol. The van der Waals surface area contributed by atoms with E-state index in [1.54, 1.807) is 0 Å². The lowest BCUT2D eigenvalue weighted by Gasteiger charge is -2.27. The molecule has 0 atom stereocenters. The first-order valence-corrected chi connectivity index (χ1v) is 10.8. The van der Waals surface area contributed by atoms with Crippen molar-refractivity contribution in [3.8, 4) is 0 Å². The highest BCUT2D eigenvalue weighted by molar-refractivity contribution is 7.12. The molecule has 1 N–H and O–H groups in total. The summed E-state index contributed by atoms with van der Waals surface area (Å²) in [5, 5.41) is 4.95. The topological polar surface area (TPSA) is 55.9 Å². The van der Waals surface area contributed by atoms with E-state index in [4.69, 9.17) is 0 Å². The second kappa shape index (κ2) is 9.41. The van der Waals surface area contributed by atoms with Gasteiger partial charge >= 0.3 is 0 Å². The van der Waals surface area contributed by atoms with E-state index in [9.17, 15) is 9.59 Å². The second-order valence-electron chi connectivity index (χ2n) is 8.01. The van der Waals surface area contributed by atoms with Crippen molar-refractivity contribution < 1.29 is 9.59 Å². The molecule has 3 rings (SSSR count). The lowest BCUT2D eigenvalue weighted by Crippen LogP contribution is -2.36. The van der Waals surface area contributed by atoms with Crippen LogP contribution in [0.5, 0.6) is 0 Å². The quantitative estimate of drug-likeness (QED) is 0.684. The number of nitrogens with zero attached hydrogens (tertiary/aromatic N) is 3. The molecule has 0 aliphatic heterocycles. The van der Waals surface area contributed by atoms with Crippen LogP contribution in [0.25, 0.3) is 0 Å². The molecule has 1 aromatic carbocycles. The van der Waals surface area contributed by atoms with E-state index in [1.807, 2.05) is 73.7 Å². The van der Waals surface area contributed by atoms with Crippen molar-refractivity contribution >= 4 is 34.5 Å². The maximum absolute atomic E-state index is 13.1. The van der Waals surface area contributed by atoms with Crippen molar-refractivity contribution in [3.63, 3.8) is 0 Å². The third kappa shape index (κ3) is 5.81. The van der Waals surface area contributed by atoms with E-state index in [1.165, 1.54) is 11.3 Å². The fraction of sp³-hybridized carbons (Fsp3) is 0.455. The highest BCUT2D eigenvalue weighted by Gasteiger charge is 2.29. The Bertz CT molecular complexity index is 845. The van der Waals surface area contributed by atoms with Crippen LogP contribution in [-0.2, 0) is 11.3 Å². The van der Waals surface area contributed by atoms with Gasteiger partial charge in [0.05, 0.1) is 4.88 Å². The normalized spacial score (nSPS) is 13.4. The molecule has 0 radical (unpaired) electrons. The Labute approximate surface area is 177 Å². The molecule has 0 spiro atoms. The molecule has 7 heteroatoms. The van der Waals surface area contributed by atoms with Crippen LogP contribution in [0.2, 0.25) is 0 Å². The largest absolute Gasteiger partial charge is 0.377 e. The number of anilines is 2. The van der Waals surface area contributed by atoms with Crippen molar-refractivity contribution in [2.24, 2.45) is 5.92 Å². The summed E-state index contributed by atoms with van der Waals surface area (Å²) in [7, 11) is 8.00. The van der Waals surface area contributed by atoms with Crippen LogP contribution in [0, 0.1) is 5.92 Å². The van der Waals surface area contributed by atoms with Gasteiger partial charge in [-0.1, -0.05) is 6.07 Å². The van der Waals surface area contributed by atoms with Crippen LogP contribution >= 0.6 is 11.3 Å². The number of carbonyl (C=O) groups is 2. The smallest absolute Gasteiger partial charge is 0.264 e. The summed E-state index contributed by atoms with van der Waals surface area (Å²) in [6, 6.07) is 9.72. The van der Waals surface area contributed by atoms with Crippen molar-refractivity contribution in [1.82, 2.24) is 9.80 Å². The fourth-order valence-corrected chi connectivity index (χ4v) is 3.84. The van der Waals surface area contributed by atoms with E-state index in [0.29, 0.717) is 13.1 Å². The molecule has 1 aliphatic rings. The summed E-state index contributed by atoms with van der Waals surface area (Å²) in [6.07, 6.45) is 1.95. The summed E-state index contributed by atoms with van der Waals surface area (Å²) in [4.78, 5) is 32.0. The van der Waals surface area contributed by atoms with Gasteiger partial charge in [0.2, 0.25) is 5.91 Å². The average molecular weight is 415 g/mol. The Kier molecular flexibility index (Phi) is 6.92. The zero-order chi connectivity index (χ0) is 21.0. The van der Waals surface area contributed by atoms with Gasteiger partial charge in [0, 0.05) is 51.0 Å². The highest BCUT2D eigenvalue weighted by atomic mass is 32.1. The van der Waals surface area contributed by atoms with Gasteiger partial charge in [-0.25, -0.2) is 0 Å². The van der Waals surface area contributed by atoms with E-state index in [2.05, 4.69) is 10.2 Å². The van der Waals surface area contributed by atoms with Gasteiger partial charge in [0.25, 0.3) is 5.91 Å². The minimum atomic E-state index is 0.0407. The van der Waals surface area contributed by atoms with E-state index < -0.39 is 0 Å². The Balaban J connectivity index is 1.85. The number of carbonyl (C=O) groups excluding carboxylic acids is 2. The van der Waals surface area contributed by atoms with Crippen LogP contribution in [0.3, 0.4) is 0 Å². The molecule has 1 aromatic heterocycles. The molecule has 2 aromatic rings. The van der Waals surface area contributed by atoms with Gasteiger partial charge in [-0.3, -0.25) is 9.59 Å². The minimum Gasteiger partial charge on any atom is -0.377 e. The predicted octanol–water partition coefficient (Wildman–Crippen LogP) is 3.37. The molecule has 0 saturated heterocycles. The molecule has 0 unspecified atom stereocenters. The van der Waals surface area contributed by atoms with Gasteiger partial charge in [-0.05, 0) is 62.1 Å². The van der Waals surface area contributed by atoms with Crippen molar-refractivity contribution in [1.29, 1.82) is 0 Å². The summed E-state index contributed by atoms with van der Waals surface area (Å²) in [6.45, 7) is 1.91. The number of hydrogen-bond donors (Lipinski definition) is 1. The van der Waals surface area contributed by atoms with E-state index in [0.717, 1.165) is 41.2 Å². The van der Waals surface area contributed by atoms with Crippen molar-refractivity contribution in [2.45, 2.75) is 19.4 Å².